The van der Waals surface area contributed by atoms with Crippen molar-refractivity contribution in [2.24, 2.45) is 7.05 Å². The average molecular weight is 285 g/mol. The summed E-state index contributed by atoms with van der Waals surface area (Å²) < 4.78 is 1.98. The number of benzene rings is 1. The van der Waals surface area contributed by atoms with Gasteiger partial charge in [0.1, 0.15) is 5.82 Å². The minimum atomic E-state index is 0.0500. The van der Waals surface area contributed by atoms with E-state index in [-0.39, 0.29) is 6.03 Å². The molecule has 0 bridgehead atoms. The summed E-state index contributed by atoms with van der Waals surface area (Å²) in [5.74, 6) is 0.994. The van der Waals surface area contributed by atoms with Crippen molar-refractivity contribution < 1.29 is 4.79 Å². The van der Waals surface area contributed by atoms with E-state index in [9.17, 15) is 4.79 Å². The molecule has 1 fully saturated rings. The Bertz CT molecular complexity index is 634. The van der Waals surface area contributed by atoms with E-state index < -0.39 is 0 Å². The molecule has 3 rings (SSSR count). The number of amides is 2. The third-order valence-electron chi connectivity index (χ3n) is 3.83. The molecule has 21 heavy (non-hydrogen) atoms. The molecule has 1 aliphatic rings. The Hall–Kier alpha value is -2.50. The molecule has 1 aromatic heterocycles. The van der Waals surface area contributed by atoms with Crippen LogP contribution in [0.4, 0.5) is 16.2 Å². The maximum atomic E-state index is 12.4. The lowest BCUT2D eigenvalue weighted by Crippen LogP contribution is -2.33. The number of aryl methyl sites for hydroxylation is 1. The first kappa shape index (κ1) is 13.5. The van der Waals surface area contributed by atoms with Gasteiger partial charge in [0.25, 0.3) is 0 Å². The monoisotopic (exact) mass is 285 g/mol. The Morgan fingerprint density at radius 1 is 1.24 bits per heavy atom. The van der Waals surface area contributed by atoms with Crippen LogP contribution in [0.1, 0.15) is 5.82 Å². The van der Waals surface area contributed by atoms with Crippen molar-refractivity contribution in [3.8, 4) is 0 Å². The number of hydrogen-bond donors (Lipinski definition) is 1. The molecule has 0 saturated carbocycles. The molecule has 110 valence electrons. The quantitative estimate of drug-likeness (QED) is 0.865. The van der Waals surface area contributed by atoms with E-state index in [1.165, 1.54) is 0 Å². The van der Waals surface area contributed by atoms with Crippen LogP contribution in [0.15, 0.2) is 36.7 Å². The van der Waals surface area contributed by atoms with Crippen LogP contribution in [-0.2, 0) is 13.5 Å². The van der Waals surface area contributed by atoms with Gasteiger partial charge in [-0.1, -0.05) is 0 Å². The standard InChI is InChI=1S/C15H19N5O/c1-18-9-7-17-14(18)6-8-19-10-11-20(15(19)21)13-4-2-12(16)3-5-13/h2-5,7,9H,6,8,10-11,16H2,1H3. The van der Waals surface area contributed by atoms with Gasteiger partial charge < -0.3 is 15.2 Å². The molecule has 2 aromatic rings. The zero-order valence-corrected chi connectivity index (χ0v) is 12.1. The van der Waals surface area contributed by atoms with E-state index in [1.54, 1.807) is 11.1 Å². The van der Waals surface area contributed by atoms with Gasteiger partial charge >= 0.3 is 6.03 Å². The Kier molecular flexibility index (Phi) is 3.51. The number of nitrogen functional groups attached to an aromatic ring is 1. The molecule has 2 amide bonds. The second kappa shape index (κ2) is 5.47. The highest BCUT2D eigenvalue weighted by molar-refractivity contribution is 5.94. The summed E-state index contributed by atoms with van der Waals surface area (Å²) in [6, 6.07) is 7.46. The topological polar surface area (TPSA) is 67.4 Å². The maximum Gasteiger partial charge on any atom is 0.324 e. The van der Waals surface area contributed by atoms with Gasteiger partial charge in [-0.05, 0) is 24.3 Å². The first-order chi connectivity index (χ1) is 10.1. The van der Waals surface area contributed by atoms with Crippen LogP contribution in [0.5, 0.6) is 0 Å². The molecule has 2 N–H and O–H groups in total. The number of nitrogens with zero attached hydrogens (tertiary/aromatic N) is 4. The molecule has 1 saturated heterocycles. The lowest BCUT2D eigenvalue weighted by atomic mass is 10.2. The highest BCUT2D eigenvalue weighted by Crippen LogP contribution is 2.21. The SMILES string of the molecule is Cn1ccnc1CCN1CCN(c2ccc(N)cc2)C1=O. The highest BCUT2D eigenvalue weighted by Gasteiger charge is 2.29. The van der Waals surface area contributed by atoms with Gasteiger partial charge in [-0.3, -0.25) is 4.90 Å². The van der Waals surface area contributed by atoms with E-state index in [1.807, 2.05) is 47.0 Å². The fourth-order valence-corrected chi connectivity index (χ4v) is 2.56. The molecule has 1 aliphatic heterocycles. The lowest BCUT2D eigenvalue weighted by Gasteiger charge is -2.18. The second-order valence-corrected chi connectivity index (χ2v) is 5.22. The Morgan fingerprint density at radius 3 is 2.67 bits per heavy atom. The van der Waals surface area contributed by atoms with Crippen molar-refractivity contribution in [2.45, 2.75) is 6.42 Å². The summed E-state index contributed by atoms with van der Waals surface area (Å²) >= 11 is 0. The zero-order chi connectivity index (χ0) is 14.8. The number of hydrogen-bond acceptors (Lipinski definition) is 3. The summed E-state index contributed by atoms with van der Waals surface area (Å²) in [7, 11) is 1.97. The fourth-order valence-electron chi connectivity index (χ4n) is 2.56. The molecule has 0 unspecified atom stereocenters. The van der Waals surface area contributed by atoms with Crippen LogP contribution in [0.3, 0.4) is 0 Å². The average Bonchev–Trinajstić information content (AvgIpc) is 3.04. The van der Waals surface area contributed by atoms with E-state index in [0.29, 0.717) is 18.8 Å². The van der Waals surface area contributed by atoms with Crippen LogP contribution in [0.25, 0.3) is 0 Å². The predicted molar refractivity (Wildman–Crippen MR) is 82.1 cm³/mol. The van der Waals surface area contributed by atoms with Crippen LogP contribution in [0, 0.1) is 0 Å². The van der Waals surface area contributed by atoms with Crippen molar-refractivity contribution in [1.29, 1.82) is 0 Å². The number of rotatable bonds is 4. The molecule has 6 nitrogen and oxygen atoms in total. The number of aromatic nitrogens is 2. The molecule has 0 atom stereocenters. The lowest BCUT2D eigenvalue weighted by molar-refractivity contribution is 0.221. The van der Waals surface area contributed by atoms with Crippen LogP contribution < -0.4 is 10.6 Å². The van der Waals surface area contributed by atoms with Gasteiger partial charge in [-0.2, -0.15) is 0 Å². The summed E-state index contributed by atoms with van der Waals surface area (Å²) in [6.07, 6.45) is 4.47. The Morgan fingerprint density at radius 2 is 2.00 bits per heavy atom. The number of imidazole rings is 1. The van der Waals surface area contributed by atoms with Crippen molar-refractivity contribution in [1.82, 2.24) is 14.5 Å². The summed E-state index contributed by atoms with van der Waals surface area (Å²) in [5.41, 5.74) is 7.28. The number of urea groups is 1. The van der Waals surface area contributed by atoms with Gasteiger partial charge in [-0.25, -0.2) is 9.78 Å². The van der Waals surface area contributed by atoms with Crippen molar-refractivity contribution in [2.75, 3.05) is 30.3 Å². The summed E-state index contributed by atoms with van der Waals surface area (Å²) in [5, 5.41) is 0. The minimum Gasteiger partial charge on any atom is -0.399 e. The fraction of sp³-hybridized carbons (Fsp3) is 0.333. The van der Waals surface area contributed by atoms with Crippen LogP contribution in [-0.4, -0.2) is 40.1 Å². The number of anilines is 2. The first-order valence-corrected chi connectivity index (χ1v) is 7.03. The third-order valence-corrected chi connectivity index (χ3v) is 3.83. The molecule has 2 heterocycles. The molecule has 6 heteroatoms. The normalized spacial score (nSPS) is 15.0. The number of carbonyl (C=O) groups is 1. The first-order valence-electron chi connectivity index (χ1n) is 7.03. The molecule has 0 radical (unpaired) electrons. The number of nitrogens with two attached hydrogens (primary N) is 1. The summed E-state index contributed by atoms with van der Waals surface area (Å²) in [4.78, 5) is 20.4. The van der Waals surface area contributed by atoms with E-state index in [4.69, 9.17) is 5.73 Å². The predicted octanol–water partition coefficient (Wildman–Crippen LogP) is 1.49. The van der Waals surface area contributed by atoms with Crippen molar-refractivity contribution >= 4 is 17.4 Å². The van der Waals surface area contributed by atoms with Crippen LogP contribution in [0.2, 0.25) is 0 Å². The zero-order valence-electron chi connectivity index (χ0n) is 12.1. The summed E-state index contributed by atoms with van der Waals surface area (Å²) in [6.45, 7) is 2.14. The van der Waals surface area contributed by atoms with Gasteiger partial charge in [-0.15, -0.1) is 0 Å². The third kappa shape index (κ3) is 2.69. The molecule has 1 aromatic carbocycles. The maximum absolute atomic E-state index is 12.4. The van der Waals surface area contributed by atoms with Gasteiger partial charge in [0.15, 0.2) is 0 Å². The van der Waals surface area contributed by atoms with Gasteiger partial charge in [0.05, 0.1) is 0 Å². The van der Waals surface area contributed by atoms with E-state index in [2.05, 4.69) is 4.98 Å². The largest absolute Gasteiger partial charge is 0.399 e. The Labute approximate surface area is 123 Å². The smallest absolute Gasteiger partial charge is 0.324 e. The van der Waals surface area contributed by atoms with Crippen molar-refractivity contribution in [3.05, 3.63) is 42.5 Å². The van der Waals surface area contributed by atoms with Gasteiger partial charge in [0, 0.05) is 56.9 Å². The van der Waals surface area contributed by atoms with E-state index >= 15 is 0 Å². The highest BCUT2D eigenvalue weighted by atomic mass is 16.2. The van der Waals surface area contributed by atoms with Crippen LogP contribution >= 0.6 is 0 Å². The molecular weight excluding hydrogens is 266 g/mol. The molecular formula is C15H19N5O. The Balaban J connectivity index is 1.63. The van der Waals surface area contributed by atoms with Crippen molar-refractivity contribution in [3.63, 3.8) is 0 Å². The molecule has 0 aliphatic carbocycles. The second-order valence-electron chi connectivity index (χ2n) is 5.22. The minimum absolute atomic E-state index is 0.0500. The molecule has 0 spiro atoms. The number of carbonyl (C=O) groups excluding carboxylic acids is 1. The van der Waals surface area contributed by atoms with Gasteiger partial charge in [0.2, 0.25) is 0 Å². The van der Waals surface area contributed by atoms with E-state index in [0.717, 1.165) is 24.5 Å².